The molecule has 1 aromatic rings. The zero-order valence-corrected chi connectivity index (χ0v) is 13.7. The lowest BCUT2D eigenvalue weighted by Crippen LogP contribution is -2.59. The highest BCUT2D eigenvalue weighted by Gasteiger charge is 2.41. The molecule has 0 spiro atoms. The number of nitrogens with zero attached hydrogens (tertiary/aromatic N) is 1. The van der Waals surface area contributed by atoms with Gasteiger partial charge in [-0.1, -0.05) is 31.5 Å². The Balaban J connectivity index is 2.57. The first-order chi connectivity index (χ1) is 9.81. The maximum Gasteiger partial charge on any atom is 0.256 e. The molecule has 116 valence electrons. The first kappa shape index (κ1) is 15.8. The van der Waals surface area contributed by atoms with E-state index in [2.05, 4.69) is 56.2 Å². The van der Waals surface area contributed by atoms with Gasteiger partial charge in [-0.15, -0.1) is 0 Å². The van der Waals surface area contributed by atoms with E-state index in [1.807, 2.05) is 6.92 Å². The van der Waals surface area contributed by atoms with Gasteiger partial charge in [-0.05, 0) is 51.2 Å². The minimum Gasteiger partial charge on any atom is -0.354 e. The number of hydrogen-bond acceptors (Lipinski definition) is 3. The molecule has 1 amide bonds. The molecule has 2 rings (SSSR count). The SMILES string of the molecule is CC[C@H](C(=O)NN)N1c2ccc(C)cc2[C@H](C)CC1(C)C. The first-order valence-corrected chi connectivity index (χ1v) is 7.72. The smallest absolute Gasteiger partial charge is 0.256 e. The minimum absolute atomic E-state index is 0.0745. The highest BCUT2D eigenvalue weighted by Crippen LogP contribution is 2.45. The molecule has 2 atom stereocenters. The van der Waals surface area contributed by atoms with Gasteiger partial charge in [-0.3, -0.25) is 10.2 Å². The monoisotopic (exact) mass is 289 g/mol. The summed E-state index contributed by atoms with van der Waals surface area (Å²) in [5.74, 6) is 5.76. The molecule has 0 aromatic heterocycles. The van der Waals surface area contributed by atoms with Crippen LogP contribution in [0, 0.1) is 6.92 Å². The topological polar surface area (TPSA) is 58.4 Å². The number of hydrazine groups is 1. The van der Waals surface area contributed by atoms with Crippen molar-refractivity contribution in [2.75, 3.05) is 4.90 Å². The largest absolute Gasteiger partial charge is 0.354 e. The van der Waals surface area contributed by atoms with Gasteiger partial charge < -0.3 is 4.90 Å². The van der Waals surface area contributed by atoms with Crippen LogP contribution in [0.15, 0.2) is 18.2 Å². The fourth-order valence-electron chi connectivity index (χ4n) is 3.74. The number of nitrogens with one attached hydrogen (secondary N) is 1. The average molecular weight is 289 g/mol. The molecular weight excluding hydrogens is 262 g/mol. The number of carbonyl (C=O) groups excluding carboxylic acids is 1. The number of hydrogen-bond donors (Lipinski definition) is 2. The van der Waals surface area contributed by atoms with Gasteiger partial charge in [0.15, 0.2) is 0 Å². The zero-order chi connectivity index (χ0) is 15.8. The van der Waals surface area contributed by atoms with E-state index in [1.54, 1.807) is 0 Å². The molecule has 0 saturated heterocycles. The van der Waals surface area contributed by atoms with E-state index >= 15 is 0 Å². The van der Waals surface area contributed by atoms with Crippen molar-refractivity contribution in [1.82, 2.24) is 5.43 Å². The van der Waals surface area contributed by atoms with Gasteiger partial charge in [0.05, 0.1) is 0 Å². The molecule has 1 aliphatic heterocycles. The summed E-state index contributed by atoms with van der Waals surface area (Å²) in [6.07, 6.45) is 1.76. The van der Waals surface area contributed by atoms with Crippen LogP contribution in [0.3, 0.4) is 0 Å². The normalized spacial score (nSPS) is 21.6. The van der Waals surface area contributed by atoms with Gasteiger partial charge in [0.1, 0.15) is 6.04 Å². The third kappa shape index (κ3) is 2.77. The quantitative estimate of drug-likeness (QED) is 0.511. The molecule has 0 bridgehead atoms. The fourth-order valence-corrected chi connectivity index (χ4v) is 3.74. The number of anilines is 1. The van der Waals surface area contributed by atoms with E-state index in [0.717, 1.165) is 12.8 Å². The molecule has 1 aliphatic rings. The molecule has 1 heterocycles. The van der Waals surface area contributed by atoms with Crippen molar-refractivity contribution in [1.29, 1.82) is 0 Å². The lowest BCUT2D eigenvalue weighted by Gasteiger charge is -2.50. The molecule has 0 fully saturated rings. The molecule has 0 saturated carbocycles. The van der Waals surface area contributed by atoms with Gasteiger partial charge in [0.2, 0.25) is 0 Å². The molecule has 21 heavy (non-hydrogen) atoms. The van der Waals surface area contributed by atoms with Crippen LogP contribution in [-0.4, -0.2) is 17.5 Å². The Morgan fingerprint density at radius 2 is 2.19 bits per heavy atom. The van der Waals surface area contributed by atoms with Gasteiger partial charge in [0, 0.05) is 11.2 Å². The van der Waals surface area contributed by atoms with Gasteiger partial charge in [-0.2, -0.15) is 0 Å². The summed E-state index contributed by atoms with van der Waals surface area (Å²) in [5.41, 5.74) is 6.01. The van der Waals surface area contributed by atoms with Crippen molar-refractivity contribution in [2.45, 2.75) is 65.0 Å². The molecule has 4 nitrogen and oxygen atoms in total. The van der Waals surface area contributed by atoms with Crippen LogP contribution in [0.2, 0.25) is 0 Å². The van der Waals surface area contributed by atoms with Crippen molar-refractivity contribution in [2.24, 2.45) is 5.84 Å². The van der Waals surface area contributed by atoms with Crippen LogP contribution < -0.4 is 16.2 Å². The lowest BCUT2D eigenvalue weighted by atomic mass is 9.78. The zero-order valence-electron chi connectivity index (χ0n) is 13.7. The summed E-state index contributed by atoms with van der Waals surface area (Å²) in [4.78, 5) is 14.5. The Kier molecular flexibility index (Phi) is 4.28. The Hall–Kier alpha value is -1.55. The lowest BCUT2D eigenvalue weighted by molar-refractivity contribution is -0.122. The van der Waals surface area contributed by atoms with E-state index in [4.69, 9.17) is 5.84 Å². The second kappa shape index (κ2) is 5.68. The second-order valence-corrected chi connectivity index (χ2v) is 6.78. The van der Waals surface area contributed by atoms with Gasteiger partial charge in [0.25, 0.3) is 5.91 Å². The van der Waals surface area contributed by atoms with Crippen molar-refractivity contribution >= 4 is 11.6 Å². The number of rotatable bonds is 3. The summed E-state index contributed by atoms with van der Waals surface area (Å²) in [5, 5.41) is 0. The summed E-state index contributed by atoms with van der Waals surface area (Å²) < 4.78 is 0. The van der Waals surface area contributed by atoms with Crippen LogP contribution in [-0.2, 0) is 4.79 Å². The highest BCUT2D eigenvalue weighted by molar-refractivity contribution is 5.86. The highest BCUT2D eigenvalue weighted by atomic mass is 16.2. The summed E-state index contributed by atoms with van der Waals surface area (Å²) in [6.45, 7) is 10.8. The van der Waals surface area contributed by atoms with E-state index in [9.17, 15) is 4.79 Å². The number of amides is 1. The van der Waals surface area contributed by atoms with Crippen LogP contribution >= 0.6 is 0 Å². The second-order valence-electron chi connectivity index (χ2n) is 6.78. The third-order valence-corrected chi connectivity index (χ3v) is 4.57. The number of fused-ring (bicyclic) bond motifs is 1. The van der Waals surface area contributed by atoms with Crippen LogP contribution in [0.4, 0.5) is 5.69 Å². The van der Waals surface area contributed by atoms with Crippen molar-refractivity contribution in [3.8, 4) is 0 Å². The summed E-state index contributed by atoms with van der Waals surface area (Å²) in [7, 11) is 0. The third-order valence-electron chi connectivity index (χ3n) is 4.57. The predicted molar refractivity (Wildman–Crippen MR) is 87.2 cm³/mol. The van der Waals surface area contributed by atoms with Crippen LogP contribution in [0.25, 0.3) is 0 Å². The van der Waals surface area contributed by atoms with Crippen LogP contribution in [0.1, 0.15) is 57.6 Å². The average Bonchev–Trinajstić information content (AvgIpc) is 2.42. The summed E-state index contributed by atoms with van der Waals surface area (Å²) >= 11 is 0. The molecule has 0 radical (unpaired) electrons. The number of benzene rings is 1. The fraction of sp³-hybridized carbons (Fsp3) is 0.588. The first-order valence-electron chi connectivity index (χ1n) is 7.72. The predicted octanol–water partition coefficient (Wildman–Crippen LogP) is 2.86. The standard InChI is InChI=1S/C17H27N3O/c1-6-14(16(21)19-18)20-15-8-7-11(2)9-13(15)12(3)10-17(20,4)5/h7-9,12,14H,6,10,18H2,1-5H3,(H,19,21)/t12-,14-/m1/s1. The molecule has 4 heteroatoms. The summed E-state index contributed by atoms with van der Waals surface area (Å²) in [6, 6.07) is 6.27. The van der Waals surface area contributed by atoms with E-state index in [-0.39, 0.29) is 17.5 Å². The van der Waals surface area contributed by atoms with Gasteiger partial charge in [-0.25, -0.2) is 5.84 Å². The molecule has 1 aromatic carbocycles. The molecule has 0 aliphatic carbocycles. The number of carbonyl (C=O) groups is 1. The number of aryl methyl sites for hydroxylation is 1. The van der Waals surface area contributed by atoms with E-state index in [1.165, 1.54) is 16.8 Å². The van der Waals surface area contributed by atoms with Gasteiger partial charge >= 0.3 is 0 Å². The van der Waals surface area contributed by atoms with Crippen LogP contribution in [0.5, 0.6) is 0 Å². The Morgan fingerprint density at radius 3 is 2.76 bits per heavy atom. The molecular formula is C17H27N3O. The Bertz CT molecular complexity index is 539. The number of nitrogens with two attached hydrogens (primary N) is 1. The Labute approximate surface area is 127 Å². The maximum absolute atomic E-state index is 12.2. The minimum atomic E-state index is -0.237. The molecule has 3 N–H and O–H groups in total. The Morgan fingerprint density at radius 1 is 1.52 bits per heavy atom. The maximum atomic E-state index is 12.2. The molecule has 0 unspecified atom stereocenters. The van der Waals surface area contributed by atoms with Crippen molar-refractivity contribution in [3.63, 3.8) is 0 Å². The van der Waals surface area contributed by atoms with Crippen molar-refractivity contribution in [3.05, 3.63) is 29.3 Å². The van der Waals surface area contributed by atoms with Crippen molar-refractivity contribution < 1.29 is 4.79 Å². The van der Waals surface area contributed by atoms with E-state index in [0.29, 0.717) is 5.92 Å². The van der Waals surface area contributed by atoms with E-state index < -0.39 is 0 Å².